The van der Waals surface area contributed by atoms with Crippen LogP contribution in [-0.4, -0.2) is 15.9 Å². The number of carbonyl (C=O) groups excluding carboxylic acids is 1. The molecule has 0 fully saturated rings. The van der Waals surface area contributed by atoms with Gasteiger partial charge in [-0.05, 0) is 30.7 Å². The van der Waals surface area contributed by atoms with Crippen molar-refractivity contribution in [2.24, 2.45) is 0 Å². The van der Waals surface area contributed by atoms with Gasteiger partial charge in [-0.1, -0.05) is 36.4 Å². The predicted molar refractivity (Wildman–Crippen MR) is 96.5 cm³/mol. The molecule has 2 aromatic carbocycles. The lowest BCUT2D eigenvalue weighted by Crippen LogP contribution is -2.32. The van der Waals surface area contributed by atoms with Crippen molar-refractivity contribution in [3.8, 4) is 0 Å². The van der Waals surface area contributed by atoms with Crippen LogP contribution in [0.3, 0.4) is 0 Å². The first-order valence-corrected chi connectivity index (χ1v) is 7.60. The SMILES string of the molecule is Cc1ccccc1Nc1[nH]c(=O)[nH]c(=O)c1C(=O)Nc1ccccc1. The number of hydrogen-bond acceptors (Lipinski definition) is 4. The molecule has 4 N–H and O–H groups in total. The number of para-hydroxylation sites is 2. The highest BCUT2D eigenvalue weighted by atomic mass is 16.2. The van der Waals surface area contributed by atoms with Gasteiger partial charge in [-0.25, -0.2) is 4.79 Å². The molecular weight excluding hydrogens is 320 g/mol. The van der Waals surface area contributed by atoms with E-state index in [1.807, 2.05) is 31.2 Å². The second-order valence-corrected chi connectivity index (χ2v) is 5.42. The van der Waals surface area contributed by atoms with Gasteiger partial charge in [0.15, 0.2) is 0 Å². The van der Waals surface area contributed by atoms with E-state index in [0.717, 1.165) is 5.56 Å². The normalized spacial score (nSPS) is 10.3. The number of benzene rings is 2. The van der Waals surface area contributed by atoms with Gasteiger partial charge in [-0.2, -0.15) is 0 Å². The third kappa shape index (κ3) is 3.66. The Kier molecular flexibility index (Phi) is 4.47. The molecule has 126 valence electrons. The van der Waals surface area contributed by atoms with Crippen LogP contribution in [0.25, 0.3) is 0 Å². The average molecular weight is 336 g/mol. The zero-order valence-electron chi connectivity index (χ0n) is 13.4. The van der Waals surface area contributed by atoms with Crippen molar-refractivity contribution in [3.05, 3.63) is 86.6 Å². The lowest BCUT2D eigenvalue weighted by Gasteiger charge is -2.12. The summed E-state index contributed by atoms with van der Waals surface area (Å²) in [6, 6.07) is 16.1. The number of anilines is 3. The van der Waals surface area contributed by atoms with E-state index in [9.17, 15) is 14.4 Å². The fourth-order valence-corrected chi connectivity index (χ4v) is 2.36. The summed E-state index contributed by atoms with van der Waals surface area (Å²) in [4.78, 5) is 40.9. The van der Waals surface area contributed by atoms with Crippen molar-refractivity contribution in [1.82, 2.24) is 9.97 Å². The Morgan fingerprint density at radius 3 is 2.32 bits per heavy atom. The van der Waals surface area contributed by atoms with E-state index in [0.29, 0.717) is 11.4 Å². The number of aromatic nitrogens is 2. The smallest absolute Gasteiger partial charge is 0.327 e. The molecule has 7 nitrogen and oxygen atoms in total. The Morgan fingerprint density at radius 2 is 1.60 bits per heavy atom. The summed E-state index contributed by atoms with van der Waals surface area (Å²) in [6.45, 7) is 1.87. The van der Waals surface area contributed by atoms with Gasteiger partial charge in [0.25, 0.3) is 11.5 Å². The number of nitrogens with one attached hydrogen (secondary N) is 4. The maximum Gasteiger partial charge on any atom is 0.327 e. The Hall–Kier alpha value is -3.61. The Bertz CT molecular complexity index is 1020. The molecule has 1 amide bonds. The minimum absolute atomic E-state index is 0.0384. The standard InChI is InChI=1S/C18H16N4O3/c1-11-7-5-6-10-13(11)20-15-14(17(24)22-18(25)21-15)16(23)19-12-8-3-2-4-9-12/h2-10H,1H3,(H,19,23)(H3,20,21,22,24,25). The topological polar surface area (TPSA) is 107 Å². The van der Waals surface area contributed by atoms with E-state index < -0.39 is 17.2 Å². The first-order valence-electron chi connectivity index (χ1n) is 7.60. The minimum atomic E-state index is -0.770. The molecule has 1 aromatic heterocycles. The number of rotatable bonds is 4. The molecule has 0 spiro atoms. The van der Waals surface area contributed by atoms with Gasteiger partial charge in [0.2, 0.25) is 0 Å². The molecule has 3 aromatic rings. The Balaban J connectivity index is 2.01. The summed E-state index contributed by atoms with van der Waals surface area (Å²) < 4.78 is 0. The van der Waals surface area contributed by atoms with E-state index in [1.54, 1.807) is 30.3 Å². The van der Waals surface area contributed by atoms with Crippen molar-refractivity contribution < 1.29 is 4.79 Å². The number of aromatic amines is 2. The van der Waals surface area contributed by atoms with Gasteiger partial charge in [-0.15, -0.1) is 0 Å². The molecule has 0 saturated carbocycles. The summed E-state index contributed by atoms with van der Waals surface area (Å²) in [5.41, 5.74) is 0.452. The van der Waals surface area contributed by atoms with E-state index >= 15 is 0 Å². The molecule has 0 unspecified atom stereocenters. The molecule has 0 bridgehead atoms. The maximum atomic E-state index is 12.5. The van der Waals surface area contributed by atoms with Crippen molar-refractivity contribution in [3.63, 3.8) is 0 Å². The van der Waals surface area contributed by atoms with Crippen LogP contribution in [0, 0.1) is 6.92 Å². The molecule has 0 saturated heterocycles. The van der Waals surface area contributed by atoms with E-state index in [2.05, 4.69) is 20.6 Å². The highest BCUT2D eigenvalue weighted by Gasteiger charge is 2.18. The number of carbonyl (C=O) groups is 1. The van der Waals surface area contributed by atoms with Crippen molar-refractivity contribution in [2.75, 3.05) is 10.6 Å². The van der Waals surface area contributed by atoms with Gasteiger partial charge in [0.05, 0.1) is 0 Å². The summed E-state index contributed by atoms with van der Waals surface area (Å²) >= 11 is 0. The third-order valence-electron chi connectivity index (χ3n) is 3.61. The average Bonchev–Trinajstić information content (AvgIpc) is 2.57. The van der Waals surface area contributed by atoms with Gasteiger partial charge >= 0.3 is 5.69 Å². The van der Waals surface area contributed by atoms with E-state index in [1.165, 1.54) is 0 Å². The molecule has 0 aliphatic heterocycles. The van der Waals surface area contributed by atoms with Crippen molar-refractivity contribution in [2.45, 2.75) is 6.92 Å². The molecule has 0 radical (unpaired) electrons. The van der Waals surface area contributed by atoms with Crippen molar-refractivity contribution >= 4 is 23.1 Å². The van der Waals surface area contributed by atoms with Crippen LogP contribution in [0.2, 0.25) is 0 Å². The first kappa shape index (κ1) is 16.3. The predicted octanol–water partition coefficient (Wildman–Crippen LogP) is 2.37. The van der Waals surface area contributed by atoms with Gasteiger partial charge < -0.3 is 10.6 Å². The van der Waals surface area contributed by atoms with E-state index in [4.69, 9.17) is 0 Å². The molecule has 7 heteroatoms. The zero-order chi connectivity index (χ0) is 17.8. The lowest BCUT2D eigenvalue weighted by molar-refractivity contribution is 0.102. The van der Waals surface area contributed by atoms with Crippen LogP contribution in [0.1, 0.15) is 15.9 Å². The largest absolute Gasteiger partial charge is 0.341 e. The van der Waals surface area contributed by atoms with Crippen LogP contribution in [-0.2, 0) is 0 Å². The number of aryl methyl sites for hydroxylation is 1. The highest BCUT2D eigenvalue weighted by molar-refractivity contribution is 6.07. The molecule has 0 aliphatic rings. The second kappa shape index (κ2) is 6.88. The van der Waals surface area contributed by atoms with E-state index in [-0.39, 0.29) is 11.4 Å². The van der Waals surface area contributed by atoms with Gasteiger partial charge in [-0.3, -0.25) is 19.6 Å². The molecule has 1 heterocycles. The van der Waals surface area contributed by atoms with Crippen LogP contribution >= 0.6 is 0 Å². The van der Waals surface area contributed by atoms with Gasteiger partial charge in [0.1, 0.15) is 11.4 Å². The fraction of sp³-hybridized carbons (Fsp3) is 0.0556. The van der Waals surface area contributed by atoms with Crippen LogP contribution in [0.15, 0.2) is 64.2 Å². The zero-order valence-corrected chi connectivity index (χ0v) is 13.4. The van der Waals surface area contributed by atoms with Crippen LogP contribution in [0.5, 0.6) is 0 Å². The first-order chi connectivity index (χ1) is 12.0. The monoisotopic (exact) mass is 336 g/mol. The summed E-state index contributed by atoms with van der Waals surface area (Å²) in [7, 11) is 0. The quantitative estimate of drug-likeness (QED) is 0.587. The summed E-state index contributed by atoms with van der Waals surface area (Å²) in [5, 5.41) is 5.59. The summed E-state index contributed by atoms with van der Waals surface area (Å²) in [6.07, 6.45) is 0. The number of hydrogen-bond donors (Lipinski definition) is 4. The number of H-pyrrole nitrogens is 2. The van der Waals surface area contributed by atoms with Crippen LogP contribution < -0.4 is 21.9 Å². The maximum absolute atomic E-state index is 12.5. The second-order valence-electron chi connectivity index (χ2n) is 5.42. The highest BCUT2D eigenvalue weighted by Crippen LogP contribution is 2.20. The van der Waals surface area contributed by atoms with Crippen LogP contribution in [0.4, 0.5) is 17.2 Å². The van der Waals surface area contributed by atoms with Gasteiger partial charge in [0, 0.05) is 11.4 Å². The minimum Gasteiger partial charge on any atom is -0.341 e. The summed E-state index contributed by atoms with van der Waals surface area (Å²) in [5.74, 6) is -0.587. The van der Waals surface area contributed by atoms with Crippen molar-refractivity contribution in [1.29, 1.82) is 0 Å². The fourth-order valence-electron chi connectivity index (χ4n) is 2.36. The molecule has 3 rings (SSSR count). The number of amides is 1. The molecule has 0 aliphatic carbocycles. The Labute approximate surface area is 142 Å². The molecule has 25 heavy (non-hydrogen) atoms. The third-order valence-corrected chi connectivity index (χ3v) is 3.61. The molecular formula is C18H16N4O3. The Morgan fingerprint density at radius 1 is 0.920 bits per heavy atom. The molecule has 0 atom stereocenters. The lowest BCUT2D eigenvalue weighted by atomic mass is 10.2.